The van der Waals surface area contributed by atoms with Gasteiger partial charge in [0.25, 0.3) is 0 Å². The van der Waals surface area contributed by atoms with Crippen LogP contribution in [-0.4, -0.2) is 38.4 Å². The van der Waals surface area contributed by atoms with Crippen molar-refractivity contribution in [3.8, 4) is 0 Å². The van der Waals surface area contributed by atoms with Gasteiger partial charge in [-0.05, 0) is 51.2 Å². The monoisotopic (exact) mass is 378 g/mol. The van der Waals surface area contributed by atoms with Gasteiger partial charge in [-0.15, -0.1) is 0 Å². The molecule has 0 radical (unpaired) electrons. The lowest BCUT2D eigenvalue weighted by Gasteiger charge is -2.33. The number of imidazole rings is 1. The van der Waals surface area contributed by atoms with Gasteiger partial charge in [0, 0.05) is 54.5 Å². The minimum Gasteiger partial charge on any atom is -0.361 e. The summed E-state index contributed by atoms with van der Waals surface area (Å²) in [6, 6.07) is 8.60. The van der Waals surface area contributed by atoms with E-state index in [1.54, 1.807) is 0 Å². The predicted octanol–water partition coefficient (Wildman–Crippen LogP) is 4.28. The van der Waals surface area contributed by atoms with Gasteiger partial charge in [-0.1, -0.05) is 18.2 Å². The minimum atomic E-state index is 0.234. The number of carbonyl (C=O) groups is 1. The molecule has 1 N–H and O–H groups in total. The lowest BCUT2D eigenvalue weighted by atomic mass is 9.94. The number of nitrogens with one attached hydrogen (secondary N) is 1. The number of likely N-dealkylation sites (tertiary alicyclic amines) is 1. The van der Waals surface area contributed by atoms with Crippen LogP contribution in [-0.2, 0) is 17.6 Å². The lowest BCUT2D eigenvalue weighted by molar-refractivity contribution is -0.132. The van der Waals surface area contributed by atoms with E-state index in [1.165, 1.54) is 12.1 Å². The SMILES string of the molecule is Cc1cnc(CC2CCCN(C(=O)Cc3c[nH]c4ccccc34)C2)n1C(C)C. The molecule has 28 heavy (non-hydrogen) atoms. The summed E-state index contributed by atoms with van der Waals surface area (Å²) in [7, 11) is 0. The van der Waals surface area contributed by atoms with Gasteiger partial charge in [-0.3, -0.25) is 4.79 Å². The standard InChI is InChI=1S/C23H30N4O/c1-16(2)27-17(3)13-25-22(27)11-18-7-6-10-26(15-18)23(28)12-19-14-24-21-9-5-4-8-20(19)21/h4-5,8-9,13-14,16,18,24H,6-7,10-12,15H2,1-3H3. The highest BCUT2D eigenvalue weighted by molar-refractivity contribution is 5.88. The quantitative estimate of drug-likeness (QED) is 0.720. The summed E-state index contributed by atoms with van der Waals surface area (Å²) in [4.78, 5) is 23.0. The van der Waals surface area contributed by atoms with Crippen LogP contribution >= 0.6 is 0 Å². The number of rotatable bonds is 5. The van der Waals surface area contributed by atoms with E-state index in [0.29, 0.717) is 18.4 Å². The minimum absolute atomic E-state index is 0.234. The van der Waals surface area contributed by atoms with Crippen molar-refractivity contribution in [2.45, 2.75) is 52.5 Å². The van der Waals surface area contributed by atoms with Crippen molar-refractivity contribution in [2.75, 3.05) is 13.1 Å². The van der Waals surface area contributed by atoms with Gasteiger partial charge >= 0.3 is 0 Å². The van der Waals surface area contributed by atoms with Crippen molar-refractivity contribution in [3.63, 3.8) is 0 Å². The average molecular weight is 379 g/mol. The molecule has 1 saturated heterocycles. The van der Waals surface area contributed by atoms with E-state index < -0.39 is 0 Å². The largest absolute Gasteiger partial charge is 0.361 e. The number of carbonyl (C=O) groups excluding carboxylic acids is 1. The average Bonchev–Trinajstić information content (AvgIpc) is 3.25. The van der Waals surface area contributed by atoms with Crippen LogP contribution in [0.3, 0.4) is 0 Å². The first-order valence-electron chi connectivity index (χ1n) is 10.4. The molecule has 0 saturated carbocycles. The van der Waals surface area contributed by atoms with E-state index >= 15 is 0 Å². The van der Waals surface area contributed by atoms with Gasteiger partial charge in [0.2, 0.25) is 5.91 Å². The number of amides is 1. The molecule has 1 atom stereocenters. The molecule has 1 fully saturated rings. The van der Waals surface area contributed by atoms with Crippen molar-refractivity contribution in [2.24, 2.45) is 5.92 Å². The Hall–Kier alpha value is -2.56. The number of piperidine rings is 1. The molecule has 1 amide bonds. The highest BCUT2D eigenvalue weighted by Crippen LogP contribution is 2.24. The molecule has 4 rings (SSSR count). The Labute approximate surface area is 166 Å². The predicted molar refractivity (Wildman–Crippen MR) is 112 cm³/mol. The maximum absolute atomic E-state index is 13.0. The van der Waals surface area contributed by atoms with Crippen molar-refractivity contribution < 1.29 is 4.79 Å². The van der Waals surface area contributed by atoms with Crippen molar-refractivity contribution in [3.05, 3.63) is 53.7 Å². The third-order valence-corrected chi connectivity index (χ3v) is 5.93. The Bertz CT molecular complexity index is 968. The maximum atomic E-state index is 13.0. The Morgan fingerprint density at radius 2 is 2.14 bits per heavy atom. The molecule has 0 spiro atoms. The highest BCUT2D eigenvalue weighted by Gasteiger charge is 2.26. The van der Waals surface area contributed by atoms with Crippen molar-refractivity contribution >= 4 is 16.8 Å². The zero-order valence-corrected chi connectivity index (χ0v) is 17.1. The van der Waals surface area contributed by atoms with Gasteiger partial charge in [-0.2, -0.15) is 0 Å². The number of para-hydroxylation sites is 1. The van der Waals surface area contributed by atoms with E-state index in [-0.39, 0.29) is 5.91 Å². The zero-order chi connectivity index (χ0) is 19.7. The first kappa shape index (κ1) is 18.8. The second kappa shape index (κ2) is 7.82. The van der Waals surface area contributed by atoms with Gasteiger partial charge < -0.3 is 14.5 Å². The van der Waals surface area contributed by atoms with Gasteiger partial charge in [0.05, 0.1) is 6.42 Å². The fourth-order valence-corrected chi connectivity index (χ4v) is 4.62. The summed E-state index contributed by atoms with van der Waals surface area (Å²) in [5, 5.41) is 1.15. The first-order chi connectivity index (χ1) is 13.5. The summed E-state index contributed by atoms with van der Waals surface area (Å²) >= 11 is 0. The van der Waals surface area contributed by atoms with Crippen molar-refractivity contribution in [1.82, 2.24) is 19.4 Å². The third kappa shape index (κ3) is 3.71. The van der Waals surface area contributed by atoms with E-state index in [9.17, 15) is 4.79 Å². The molecule has 0 aliphatic carbocycles. The van der Waals surface area contributed by atoms with Crippen LogP contribution in [0.15, 0.2) is 36.7 Å². The van der Waals surface area contributed by atoms with Crippen LogP contribution in [0.1, 0.15) is 49.8 Å². The fraction of sp³-hybridized carbons (Fsp3) is 0.478. The van der Waals surface area contributed by atoms with Gasteiger partial charge in [0.15, 0.2) is 0 Å². The fourth-order valence-electron chi connectivity index (χ4n) is 4.62. The number of benzene rings is 1. The summed E-state index contributed by atoms with van der Waals surface area (Å²) in [5.74, 6) is 1.88. The number of aromatic amines is 1. The van der Waals surface area contributed by atoms with Crippen LogP contribution in [0.25, 0.3) is 10.9 Å². The molecule has 1 aromatic carbocycles. The lowest BCUT2D eigenvalue weighted by Crippen LogP contribution is -2.41. The first-order valence-corrected chi connectivity index (χ1v) is 10.4. The zero-order valence-electron chi connectivity index (χ0n) is 17.1. The Morgan fingerprint density at radius 3 is 2.96 bits per heavy atom. The van der Waals surface area contributed by atoms with Crippen LogP contribution in [0.4, 0.5) is 0 Å². The van der Waals surface area contributed by atoms with E-state index in [0.717, 1.165) is 48.2 Å². The molecule has 5 nitrogen and oxygen atoms in total. The molecule has 2 aromatic heterocycles. The van der Waals surface area contributed by atoms with E-state index in [2.05, 4.69) is 52.3 Å². The normalized spacial score (nSPS) is 17.6. The van der Waals surface area contributed by atoms with Gasteiger partial charge in [0.1, 0.15) is 5.82 Å². The second-order valence-corrected chi connectivity index (χ2v) is 8.37. The van der Waals surface area contributed by atoms with E-state index in [1.807, 2.05) is 24.5 Å². The molecular formula is C23H30N4O. The maximum Gasteiger partial charge on any atom is 0.227 e. The molecule has 148 valence electrons. The van der Waals surface area contributed by atoms with Crippen LogP contribution < -0.4 is 0 Å². The molecular weight excluding hydrogens is 348 g/mol. The second-order valence-electron chi connectivity index (χ2n) is 8.37. The Balaban J connectivity index is 1.43. The highest BCUT2D eigenvalue weighted by atomic mass is 16.2. The third-order valence-electron chi connectivity index (χ3n) is 5.93. The van der Waals surface area contributed by atoms with Gasteiger partial charge in [-0.25, -0.2) is 4.98 Å². The number of H-pyrrole nitrogens is 1. The Kier molecular flexibility index (Phi) is 5.25. The molecule has 5 heteroatoms. The summed E-state index contributed by atoms with van der Waals surface area (Å²) in [6.07, 6.45) is 7.61. The summed E-state index contributed by atoms with van der Waals surface area (Å²) < 4.78 is 2.33. The molecule has 1 unspecified atom stereocenters. The number of nitrogens with zero attached hydrogens (tertiary/aromatic N) is 3. The number of hydrogen-bond donors (Lipinski definition) is 1. The summed E-state index contributed by atoms with van der Waals surface area (Å²) in [6.45, 7) is 8.24. The number of aromatic nitrogens is 3. The number of hydrogen-bond acceptors (Lipinski definition) is 2. The number of fused-ring (bicyclic) bond motifs is 1. The molecule has 1 aliphatic heterocycles. The Morgan fingerprint density at radius 1 is 1.32 bits per heavy atom. The molecule has 0 bridgehead atoms. The van der Waals surface area contributed by atoms with E-state index in [4.69, 9.17) is 0 Å². The van der Waals surface area contributed by atoms with Crippen molar-refractivity contribution in [1.29, 1.82) is 0 Å². The van der Waals surface area contributed by atoms with Crippen LogP contribution in [0.5, 0.6) is 0 Å². The molecule has 1 aliphatic rings. The smallest absolute Gasteiger partial charge is 0.227 e. The summed E-state index contributed by atoms with van der Waals surface area (Å²) in [5.41, 5.74) is 3.40. The number of aryl methyl sites for hydroxylation is 1. The van der Waals surface area contributed by atoms with Crippen LogP contribution in [0, 0.1) is 12.8 Å². The van der Waals surface area contributed by atoms with Crippen LogP contribution in [0.2, 0.25) is 0 Å². The molecule has 3 aromatic rings. The molecule has 3 heterocycles. The topological polar surface area (TPSA) is 53.9 Å².